The second-order valence-corrected chi connectivity index (χ2v) is 8.78. The fourth-order valence-corrected chi connectivity index (χ4v) is 4.07. The Balaban J connectivity index is 1.69. The first-order valence-electron chi connectivity index (χ1n) is 9.22. The smallest absolute Gasteiger partial charge is 0.274 e. The van der Waals surface area contributed by atoms with Crippen molar-refractivity contribution in [3.05, 3.63) is 65.7 Å². The number of benzene rings is 2. The first kappa shape index (κ1) is 19.8. The van der Waals surface area contributed by atoms with Gasteiger partial charge in [0.15, 0.2) is 0 Å². The minimum absolute atomic E-state index is 0.277. The lowest BCUT2D eigenvalue weighted by Gasteiger charge is -2.43. The quantitative estimate of drug-likeness (QED) is 0.679. The van der Waals surface area contributed by atoms with Gasteiger partial charge >= 0.3 is 0 Å². The molecular formula is C20H28N4O2S. The maximum atomic E-state index is 11.5. The molecule has 1 saturated heterocycles. The molecule has 0 unspecified atom stereocenters. The Morgan fingerprint density at radius 2 is 1.78 bits per heavy atom. The predicted octanol–water partition coefficient (Wildman–Crippen LogP) is 2.23. The van der Waals surface area contributed by atoms with E-state index >= 15 is 0 Å². The molecule has 0 amide bonds. The third-order valence-corrected chi connectivity index (χ3v) is 5.65. The number of hydrogen-bond acceptors (Lipinski definition) is 4. The number of likely N-dealkylation sites (tertiary alicyclic amines) is 1. The highest BCUT2D eigenvalue weighted by molar-refractivity contribution is 7.87. The van der Waals surface area contributed by atoms with E-state index in [2.05, 4.69) is 45.3 Å². The largest absolute Gasteiger partial charge is 0.378 e. The Labute approximate surface area is 161 Å². The van der Waals surface area contributed by atoms with Gasteiger partial charge in [-0.3, -0.25) is 4.90 Å². The molecule has 1 fully saturated rings. The molecule has 2 aromatic carbocycles. The Morgan fingerprint density at radius 3 is 2.41 bits per heavy atom. The zero-order chi connectivity index (χ0) is 19.3. The summed E-state index contributed by atoms with van der Waals surface area (Å²) in [5.41, 5.74) is 3.10. The molecule has 0 spiro atoms. The first-order valence-corrected chi connectivity index (χ1v) is 10.8. The van der Waals surface area contributed by atoms with Gasteiger partial charge in [0.2, 0.25) is 0 Å². The maximum absolute atomic E-state index is 11.5. The minimum Gasteiger partial charge on any atom is -0.378 e. The molecule has 146 valence electrons. The number of nitrogens with one attached hydrogen (secondary N) is 2. The van der Waals surface area contributed by atoms with Crippen LogP contribution in [0.25, 0.3) is 0 Å². The van der Waals surface area contributed by atoms with Crippen molar-refractivity contribution in [2.24, 2.45) is 5.14 Å². The molecule has 4 N–H and O–H groups in total. The zero-order valence-corrected chi connectivity index (χ0v) is 16.5. The second-order valence-electron chi connectivity index (χ2n) is 7.40. The van der Waals surface area contributed by atoms with Crippen molar-refractivity contribution in [2.45, 2.75) is 31.8 Å². The first-order chi connectivity index (χ1) is 12.8. The topological polar surface area (TPSA) is 87.5 Å². The van der Waals surface area contributed by atoms with Gasteiger partial charge in [0.1, 0.15) is 0 Å². The average Bonchev–Trinajstić information content (AvgIpc) is 2.63. The molecule has 6 nitrogen and oxygen atoms in total. The molecule has 0 bridgehead atoms. The summed E-state index contributed by atoms with van der Waals surface area (Å²) >= 11 is 0. The van der Waals surface area contributed by atoms with Gasteiger partial charge in [-0.1, -0.05) is 42.5 Å². The molecule has 1 aliphatic heterocycles. The molecule has 0 saturated carbocycles. The second kappa shape index (κ2) is 8.39. The molecule has 0 aliphatic carbocycles. The summed E-state index contributed by atoms with van der Waals surface area (Å²) in [6.07, 6.45) is 1.66. The molecule has 0 radical (unpaired) electrons. The number of rotatable bonds is 7. The van der Waals surface area contributed by atoms with Crippen LogP contribution in [-0.4, -0.2) is 38.5 Å². The SMILES string of the molecule is Cc1cccc(NC2(CNS(N)(=O)=O)CCN(Cc3ccccc3)CC2)c1. The number of nitrogens with zero attached hydrogens (tertiary/aromatic N) is 1. The summed E-state index contributed by atoms with van der Waals surface area (Å²) in [5, 5.41) is 8.76. The zero-order valence-electron chi connectivity index (χ0n) is 15.7. The third-order valence-electron chi connectivity index (χ3n) is 5.10. The van der Waals surface area contributed by atoms with E-state index in [1.54, 1.807) is 0 Å². The minimum atomic E-state index is -3.73. The van der Waals surface area contributed by atoms with E-state index in [1.807, 2.05) is 31.2 Å². The van der Waals surface area contributed by atoms with Crippen LogP contribution < -0.4 is 15.2 Å². The van der Waals surface area contributed by atoms with Gasteiger partial charge in [0, 0.05) is 31.9 Å². The van der Waals surface area contributed by atoms with Crippen LogP contribution >= 0.6 is 0 Å². The van der Waals surface area contributed by atoms with E-state index in [0.717, 1.165) is 43.7 Å². The molecular weight excluding hydrogens is 360 g/mol. The maximum Gasteiger partial charge on any atom is 0.274 e. The van der Waals surface area contributed by atoms with Crippen molar-refractivity contribution in [3.63, 3.8) is 0 Å². The standard InChI is InChI=1S/C20H28N4O2S/c1-17-6-5-9-19(14-17)23-20(16-22-27(21,25)26)10-12-24(13-11-20)15-18-7-3-2-4-8-18/h2-9,14,22-23H,10-13,15-16H2,1H3,(H2,21,25,26). The van der Waals surface area contributed by atoms with Crippen molar-refractivity contribution < 1.29 is 8.42 Å². The summed E-state index contributed by atoms with van der Waals surface area (Å²) < 4.78 is 25.4. The van der Waals surface area contributed by atoms with Crippen molar-refractivity contribution in [3.8, 4) is 0 Å². The Hall–Kier alpha value is -1.93. The van der Waals surface area contributed by atoms with Crippen LogP contribution in [0.1, 0.15) is 24.0 Å². The highest BCUT2D eigenvalue weighted by Crippen LogP contribution is 2.28. The third kappa shape index (κ3) is 6.04. The average molecular weight is 389 g/mol. The summed E-state index contributed by atoms with van der Waals surface area (Å²) in [4.78, 5) is 2.41. The van der Waals surface area contributed by atoms with Crippen LogP contribution in [0.5, 0.6) is 0 Å². The predicted molar refractivity (Wildman–Crippen MR) is 110 cm³/mol. The molecule has 3 rings (SSSR count). The summed E-state index contributed by atoms with van der Waals surface area (Å²) in [6, 6.07) is 18.5. The Morgan fingerprint density at radius 1 is 1.07 bits per heavy atom. The number of piperidine rings is 1. The molecule has 7 heteroatoms. The van der Waals surface area contributed by atoms with Crippen LogP contribution in [-0.2, 0) is 16.8 Å². The highest BCUT2D eigenvalue weighted by atomic mass is 32.2. The summed E-state index contributed by atoms with van der Waals surface area (Å²) in [7, 11) is -3.73. The Bertz CT molecular complexity index is 847. The fourth-order valence-electron chi connectivity index (χ4n) is 3.59. The van der Waals surface area contributed by atoms with Crippen LogP contribution in [0.3, 0.4) is 0 Å². The van der Waals surface area contributed by atoms with Gasteiger partial charge in [0.25, 0.3) is 10.2 Å². The lowest BCUT2D eigenvalue weighted by atomic mass is 9.87. The van der Waals surface area contributed by atoms with Crippen molar-refractivity contribution in [1.82, 2.24) is 9.62 Å². The van der Waals surface area contributed by atoms with E-state index in [1.165, 1.54) is 5.56 Å². The molecule has 1 heterocycles. The Kier molecular flexibility index (Phi) is 6.16. The van der Waals surface area contributed by atoms with Gasteiger partial charge in [-0.25, -0.2) is 9.86 Å². The normalized spacial score (nSPS) is 17.6. The van der Waals surface area contributed by atoms with Crippen molar-refractivity contribution in [2.75, 3.05) is 25.0 Å². The van der Waals surface area contributed by atoms with E-state index < -0.39 is 10.2 Å². The molecule has 1 aliphatic rings. The lowest BCUT2D eigenvalue weighted by molar-refractivity contribution is 0.167. The van der Waals surface area contributed by atoms with E-state index in [9.17, 15) is 8.42 Å². The number of aryl methyl sites for hydroxylation is 1. The number of anilines is 1. The monoisotopic (exact) mass is 388 g/mol. The fraction of sp³-hybridized carbons (Fsp3) is 0.400. The van der Waals surface area contributed by atoms with Crippen LogP contribution in [0, 0.1) is 6.92 Å². The molecule has 27 heavy (non-hydrogen) atoms. The molecule has 0 atom stereocenters. The van der Waals surface area contributed by atoms with Gasteiger partial charge in [-0.05, 0) is 43.0 Å². The van der Waals surface area contributed by atoms with E-state index in [-0.39, 0.29) is 12.1 Å². The molecule has 0 aromatic heterocycles. The van der Waals surface area contributed by atoms with Crippen LogP contribution in [0.2, 0.25) is 0 Å². The van der Waals surface area contributed by atoms with Crippen LogP contribution in [0.15, 0.2) is 54.6 Å². The van der Waals surface area contributed by atoms with Crippen LogP contribution in [0.4, 0.5) is 5.69 Å². The van der Waals surface area contributed by atoms with Crippen molar-refractivity contribution in [1.29, 1.82) is 0 Å². The number of nitrogens with two attached hydrogens (primary N) is 1. The summed E-state index contributed by atoms with van der Waals surface area (Å²) in [5.74, 6) is 0. The van der Waals surface area contributed by atoms with E-state index in [0.29, 0.717) is 0 Å². The lowest BCUT2D eigenvalue weighted by Crippen LogP contribution is -2.56. The van der Waals surface area contributed by atoms with Gasteiger partial charge < -0.3 is 5.32 Å². The van der Waals surface area contributed by atoms with Gasteiger partial charge in [0.05, 0.1) is 5.54 Å². The van der Waals surface area contributed by atoms with Crippen molar-refractivity contribution >= 4 is 15.9 Å². The molecule has 2 aromatic rings. The van der Waals surface area contributed by atoms with Gasteiger partial charge in [-0.2, -0.15) is 8.42 Å². The number of hydrogen-bond donors (Lipinski definition) is 3. The summed E-state index contributed by atoms with van der Waals surface area (Å²) in [6.45, 7) is 5.01. The van der Waals surface area contributed by atoms with E-state index in [4.69, 9.17) is 5.14 Å². The highest BCUT2D eigenvalue weighted by Gasteiger charge is 2.35. The van der Waals surface area contributed by atoms with Gasteiger partial charge in [-0.15, -0.1) is 0 Å².